The average Bonchev–Trinajstić information content (AvgIpc) is 3.61. The minimum absolute atomic E-state index is 0. The van der Waals surface area contributed by atoms with Crippen molar-refractivity contribution in [1.29, 1.82) is 0 Å². The van der Waals surface area contributed by atoms with E-state index in [4.69, 9.17) is 4.74 Å². The van der Waals surface area contributed by atoms with Gasteiger partial charge in [0.15, 0.2) is 5.90 Å². The summed E-state index contributed by atoms with van der Waals surface area (Å²) in [7, 11) is 0. The molecular weight excluding hydrogens is 462 g/mol. The van der Waals surface area contributed by atoms with Gasteiger partial charge in [0.1, 0.15) is 12.2 Å². The summed E-state index contributed by atoms with van der Waals surface area (Å²) in [6.07, 6.45) is 15.9. The number of ether oxygens (including phenoxy) is 1. The molecule has 0 unspecified atom stereocenters. The maximum Gasteiger partial charge on any atom is 0.191 e. The minimum atomic E-state index is -1.09. The molecule has 1 heterocycles. The molecule has 2 fully saturated rings. The summed E-state index contributed by atoms with van der Waals surface area (Å²) in [4.78, 5) is 4.60. The van der Waals surface area contributed by atoms with Gasteiger partial charge >= 0.3 is 0 Å². The smallest absolute Gasteiger partial charge is 0.191 e. The Morgan fingerprint density at radius 3 is 1.68 bits per heavy atom. The molecule has 1 N–H and O–H groups in total. The predicted octanol–water partition coefficient (Wildman–Crippen LogP) is 5.56. The Hall–Kier alpha value is -1.61. The van der Waals surface area contributed by atoms with E-state index in [0.29, 0.717) is 6.61 Å². The van der Waals surface area contributed by atoms with Crippen LogP contribution in [0.3, 0.4) is 0 Å². The zero-order valence-electron chi connectivity index (χ0n) is 19.8. The fourth-order valence-electron chi connectivity index (χ4n) is 3.97. The van der Waals surface area contributed by atoms with Crippen LogP contribution in [-0.4, -0.2) is 23.7 Å². The molecule has 2 aromatic rings. The molecule has 1 atom stereocenters. The summed E-state index contributed by atoms with van der Waals surface area (Å²) in [5, 5.41) is 11.3. The summed E-state index contributed by atoms with van der Waals surface area (Å²) >= 11 is 0. The number of hydrogen-bond acceptors (Lipinski definition) is 3. The Kier molecular flexibility index (Phi) is 9.43. The van der Waals surface area contributed by atoms with E-state index >= 15 is 0 Å². The third kappa shape index (κ3) is 6.14. The van der Waals surface area contributed by atoms with E-state index in [0.717, 1.165) is 28.9 Å². The molecule has 4 heteroatoms. The maximum atomic E-state index is 11.3. The van der Waals surface area contributed by atoms with Crippen LogP contribution in [-0.2, 0) is 27.4 Å². The Morgan fingerprint density at radius 1 is 0.765 bits per heavy atom. The number of rotatable bonds is 4. The third-order valence-corrected chi connectivity index (χ3v) is 6.02. The molecule has 0 aromatic heterocycles. The van der Waals surface area contributed by atoms with Gasteiger partial charge in [-0.3, -0.25) is 0 Å². The van der Waals surface area contributed by atoms with Crippen LogP contribution in [0.15, 0.2) is 65.7 Å². The number of aliphatic hydroxyl groups is 1. The molecule has 0 saturated heterocycles. The van der Waals surface area contributed by atoms with E-state index < -0.39 is 5.60 Å². The summed E-state index contributed by atoms with van der Waals surface area (Å²) in [6, 6.07) is 19.8. The number of benzene rings is 2. The van der Waals surface area contributed by atoms with Crippen molar-refractivity contribution in [2.24, 2.45) is 10.4 Å². The Labute approximate surface area is 216 Å². The van der Waals surface area contributed by atoms with Crippen molar-refractivity contribution in [2.45, 2.75) is 32.4 Å². The van der Waals surface area contributed by atoms with Gasteiger partial charge in [-0.25, -0.2) is 4.99 Å². The Bertz CT molecular complexity index is 855. The average molecular weight is 493 g/mol. The van der Waals surface area contributed by atoms with Gasteiger partial charge in [0, 0.05) is 23.0 Å². The Morgan fingerprint density at radius 2 is 1.24 bits per heavy atom. The van der Waals surface area contributed by atoms with Crippen LogP contribution in [0.25, 0.3) is 0 Å². The summed E-state index contributed by atoms with van der Waals surface area (Å²) in [6.45, 7) is 7.29. The van der Waals surface area contributed by atoms with Crippen LogP contribution >= 0.6 is 0 Å². The van der Waals surface area contributed by atoms with Crippen molar-refractivity contribution in [3.63, 3.8) is 0 Å². The SMILES string of the molecule is CC(C)(C)[C@H]1COC([C]2[CH][CH][CH][CH]2)=N1.OC([C]1[CH][CH][CH][CH]1)(c1ccccc1)c1ccccc1.[Fe]. The topological polar surface area (TPSA) is 41.8 Å². The first-order valence-electron chi connectivity index (χ1n) is 11.4. The first-order valence-corrected chi connectivity index (χ1v) is 11.4. The van der Waals surface area contributed by atoms with Crippen molar-refractivity contribution in [2.75, 3.05) is 6.61 Å². The molecule has 0 bridgehead atoms. The standard InChI is InChI=1S/C18H15O.C12H16NO.Fe/c19-18(17-13-7-8-14-17,15-9-3-1-4-10-15)16-11-5-2-6-12-16;1-12(2,3)10-8-14-11(13-10)9-6-4-5-7-9;/h1-14,19H;4-7,10H,8H2,1-3H3;/t;10-;/m.1./s1. The molecule has 0 spiro atoms. The van der Waals surface area contributed by atoms with Crippen LogP contribution in [0.5, 0.6) is 0 Å². The monoisotopic (exact) mass is 493 g/mol. The first kappa shape index (κ1) is 27.0. The Balaban J connectivity index is 0.000000193. The van der Waals surface area contributed by atoms with E-state index in [2.05, 4.69) is 25.8 Å². The molecule has 0 amide bonds. The number of hydrogen-bond donors (Lipinski definition) is 1. The maximum absolute atomic E-state index is 11.3. The van der Waals surface area contributed by atoms with Crippen LogP contribution in [0.4, 0.5) is 0 Å². The molecule has 2 aromatic carbocycles. The van der Waals surface area contributed by atoms with Gasteiger partial charge in [-0.2, -0.15) is 0 Å². The second-order valence-corrected chi connectivity index (χ2v) is 9.42. The van der Waals surface area contributed by atoms with Crippen LogP contribution in [0, 0.1) is 68.6 Å². The van der Waals surface area contributed by atoms with Gasteiger partial charge in [0.25, 0.3) is 0 Å². The van der Waals surface area contributed by atoms with Gasteiger partial charge in [0.2, 0.25) is 0 Å². The summed E-state index contributed by atoms with van der Waals surface area (Å²) < 4.78 is 5.59. The largest absolute Gasteiger partial charge is 0.478 e. The zero-order valence-corrected chi connectivity index (χ0v) is 20.9. The second-order valence-electron chi connectivity index (χ2n) is 9.42. The summed E-state index contributed by atoms with van der Waals surface area (Å²) in [5.41, 5.74) is 0.861. The molecular formula is C30H31FeNO2. The first-order chi connectivity index (χ1) is 15.9. The van der Waals surface area contributed by atoms with E-state index in [1.807, 2.05) is 112 Å². The fraction of sp³-hybridized carbons (Fsp3) is 0.233. The van der Waals surface area contributed by atoms with Crippen LogP contribution < -0.4 is 0 Å². The second kappa shape index (κ2) is 11.9. The normalized spacial score (nSPS) is 21.3. The van der Waals surface area contributed by atoms with Crippen molar-refractivity contribution < 1.29 is 26.9 Å². The molecule has 2 aliphatic carbocycles. The predicted molar refractivity (Wildman–Crippen MR) is 133 cm³/mol. The molecule has 10 radical (unpaired) electrons. The van der Waals surface area contributed by atoms with Gasteiger partial charge < -0.3 is 9.84 Å². The number of aliphatic imine (C=N–C) groups is 1. The van der Waals surface area contributed by atoms with Gasteiger partial charge in [-0.05, 0) is 67.9 Å². The van der Waals surface area contributed by atoms with Crippen molar-refractivity contribution in [3.8, 4) is 0 Å². The molecule has 2 saturated carbocycles. The van der Waals surface area contributed by atoms with Gasteiger partial charge in [-0.1, -0.05) is 81.4 Å². The third-order valence-electron chi connectivity index (χ3n) is 6.02. The number of nitrogens with zero attached hydrogens (tertiary/aromatic N) is 1. The summed E-state index contributed by atoms with van der Waals surface area (Å²) in [5.74, 6) is 2.79. The molecule has 3 nitrogen and oxygen atoms in total. The van der Waals surface area contributed by atoms with E-state index in [1.165, 1.54) is 0 Å². The van der Waals surface area contributed by atoms with E-state index in [9.17, 15) is 5.11 Å². The quantitative estimate of drug-likeness (QED) is 0.567. The van der Waals surface area contributed by atoms with E-state index in [-0.39, 0.29) is 28.5 Å². The van der Waals surface area contributed by atoms with Crippen molar-refractivity contribution in [1.82, 2.24) is 0 Å². The van der Waals surface area contributed by atoms with Gasteiger partial charge in [-0.15, -0.1) is 0 Å². The van der Waals surface area contributed by atoms with Crippen molar-refractivity contribution in [3.05, 3.63) is 135 Å². The minimum Gasteiger partial charge on any atom is -0.478 e. The molecule has 176 valence electrons. The van der Waals surface area contributed by atoms with Crippen LogP contribution in [0.2, 0.25) is 0 Å². The van der Waals surface area contributed by atoms with Crippen LogP contribution in [0.1, 0.15) is 31.9 Å². The fourth-order valence-corrected chi connectivity index (χ4v) is 3.97. The molecule has 3 aliphatic rings. The molecule has 34 heavy (non-hydrogen) atoms. The zero-order chi connectivity index (χ0) is 23.3. The molecule has 5 rings (SSSR count). The van der Waals surface area contributed by atoms with E-state index in [1.54, 1.807) is 0 Å². The molecule has 1 aliphatic heterocycles. The van der Waals surface area contributed by atoms with Crippen molar-refractivity contribution >= 4 is 5.90 Å². The van der Waals surface area contributed by atoms with Gasteiger partial charge in [0.05, 0.1) is 12.0 Å².